The third-order valence-electron chi connectivity index (χ3n) is 5.90. The first-order chi connectivity index (χ1) is 14.1. The van der Waals surface area contributed by atoms with Gasteiger partial charge in [-0.3, -0.25) is 9.89 Å². The van der Waals surface area contributed by atoms with E-state index in [0.717, 1.165) is 47.4 Å². The third-order valence-corrected chi connectivity index (χ3v) is 5.90. The number of carbonyl (C=O) groups excluding carboxylic acids is 1. The van der Waals surface area contributed by atoms with Gasteiger partial charge in [0.25, 0.3) is 5.91 Å². The van der Waals surface area contributed by atoms with Crippen molar-refractivity contribution in [2.24, 2.45) is 7.05 Å². The SMILES string of the molecule is Cc1[nH]ncc1-c1ccc2cc(C(=O)N3CCC[C@@H]3c3ccccc3)n(C)c2n1. The Bertz CT molecular complexity index is 1190. The van der Waals surface area contributed by atoms with Crippen LogP contribution in [0.3, 0.4) is 0 Å². The average molecular weight is 385 g/mol. The molecule has 0 bridgehead atoms. The first kappa shape index (κ1) is 17.7. The predicted octanol–water partition coefficient (Wildman–Crippen LogP) is 4.25. The molecule has 1 saturated heterocycles. The summed E-state index contributed by atoms with van der Waals surface area (Å²) in [6, 6.07) is 16.4. The number of likely N-dealkylation sites (tertiary alicyclic amines) is 1. The van der Waals surface area contributed by atoms with E-state index >= 15 is 0 Å². The lowest BCUT2D eigenvalue weighted by Crippen LogP contribution is -2.31. The van der Waals surface area contributed by atoms with Gasteiger partial charge in [-0.1, -0.05) is 30.3 Å². The van der Waals surface area contributed by atoms with E-state index in [1.807, 2.05) is 59.8 Å². The number of hydrogen-bond acceptors (Lipinski definition) is 3. The third kappa shape index (κ3) is 2.92. The van der Waals surface area contributed by atoms with Crippen LogP contribution in [0.5, 0.6) is 0 Å². The maximum atomic E-state index is 13.5. The number of benzene rings is 1. The molecule has 1 amide bonds. The second-order valence-corrected chi connectivity index (χ2v) is 7.67. The summed E-state index contributed by atoms with van der Waals surface area (Å²) in [5.41, 5.74) is 5.49. The molecule has 4 aromatic rings. The minimum atomic E-state index is 0.0675. The topological polar surface area (TPSA) is 66.8 Å². The van der Waals surface area contributed by atoms with Crippen LogP contribution in [0.4, 0.5) is 0 Å². The average Bonchev–Trinajstić information content (AvgIpc) is 3.47. The highest BCUT2D eigenvalue weighted by atomic mass is 16.2. The van der Waals surface area contributed by atoms with Crippen molar-refractivity contribution in [3.05, 3.63) is 71.7 Å². The molecule has 3 aromatic heterocycles. The molecule has 6 heteroatoms. The van der Waals surface area contributed by atoms with Crippen molar-refractivity contribution >= 4 is 16.9 Å². The zero-order valence-corrected chi connectivity index (χ0v) is 16.6. The van der Waals surface area contributed by atoms with Gasteiger partial charge in [0.05, 0.1) is 17.9 Å². The fourth-order valence-electron chi connectivity index (χ4n) is 4.34. The van der Waals surface area contributed by atoms with E-state index in [-0.39, 0.29) is 11.9 Å². The monoisotopic (exact) mass is 385 g/mol. The Hall–Kier alpha value is -3.41. The summed E-state index contributed by atoms with van der Waals surface area (Å²) in [7, 11) is 1.92. The second-order valence-electron chi connectivity index (χ2n) is 7.67. The van der Waals surface area contributed by atoms with Gasteiger partial charge >= 0.3 is 0 Å². The molecule has 0 unspecified atom stereocenters. The zero-order chi connectivity index (χ0) is 20.0. The molecular formula is C23H23N5O. The van der Waals surface area contributed by atoms with Crippen LogP contribution in [0, 0.1) is 6.92 Å². The van der Waals surface area contributed by atoms with Crippen LogP contribution in [0.25, 0.3) is 22.3 Å². The van der Waals surface area contributed by atoms with Crippen LogP contribution in [0.15, 0.2) is 54.7 Å². The van der Waals surface area contributed by atoms with Crippen LogP contribution in [-0.4, -0.2) is 37.1 Å². The molecule has 1 N–H and O–H groups in total. The molecule has 6 nitrogen and oxygen atoms in total. The number of aromatic nitrogens is 4. The highest BCUT2D eigenvalue weighted by Crippen LogP contribution is 2.34. The molecule has 29 heavy (non-hydrogen) atoms. The van der Waals surface area contributed by atoms with Crippen LogP contribution in [-0.2, 0) is 7.05 Å². The Morgan fingerprint density at radius 2 is 2.00 bits per heavy atom. The molecule has 146 valence electrons. The number of rotatable bonds is 3. The molecule has 0 saturated carbocycles. The van der Waals surface area contributed by atoms with Crippen molar-refractivity contribution in [2.75, 3.05) is 6.54 Å². The smallest absolute Gasteiger partial charge is 0.271 e. The number of nitrogens with one attached hydrogen (secondary N) is 1. The van der Waals surface area contributed by atoms with Gasteiger partial charge in [-0.2, -0.15) is 5.10 Å². The van der Waals surface area contributed by atoms with Crippen molar-refractivity contribution < 1.29 is 4.79 Å². The number of pyridine rings is 1. The molecule has 0 aliphatic carbocycles. The van der Waals surface area contributed by atoms with Gasteiger partial charge in [0.15, 0.2) is 0 Å². The van der Waals surface area contributed by atoms with E-state index < -0.39 is 0 Å². The lowest BCUT2D eigenvalue weighted by Gasteiger charge is -2.25. The Balaban J connectivity index is 1.52. The Morgan fingerprint density at radius 3 is 2.76 bits per heavy atom. The lowest BCUT2D eigenvalue weighted by molar-refractivity contribution is 0.0726. The number of fused-ring (bicyclic) bond motifs is 1. The molecule has 1 atom stereocenters. The molecule has 5 rings (SSSR count). The maximum Gasteiger partial charge on any atom is 0.271 e. The number of aromatic amines is 1. The summed E-state index contributed by atoms with van der Waals surface area (Å²) < 4.78 is 1.91. The van der Waals surface area contributed by atoms with E-state index in [1.54, 1.807) is 6.20 Å². The number of hydrogen-bond donors (Lipinski definition) is 1. The van der Waals surface area contributed by atoms with Gasteiger partial charge in [0.2, 0.25) is 0 Å². The Labute approximate surface area is 169 Å². The number of amides is 1. The van der Waals surface area contributed by atoms with Gasteiger partial charge < -0.3 is 9.47 Å². The van der Waals surface area contributed by atoms with Crippen molar-refractivity contribution in [3.8, 4) is 11.3 Å². The van der Waals surface area contributed by atoms with Crippen LogP contribution >= 0.6 is 0 Å². The minimum Gasteiger partial charge on any atom is -0.330 e. The molecule has 1 aromatic carbocycles. The summed E-state index contributed by atoms with van der Waals surface area (Å²) in [6.45, 7) is 2.76. The number of carbonyl (C=O) groups is 1. The van der Waals surface area contributed by atoms with Gasteiger partial charge in [-0.05, 0) is 43.5 Å². The van der Waals surface area contributed by atoms with E-state index in [2.05, 4.69) is 22.3 Å². The number of H-pyrrole nitrogens is 1. The molecule has 0 spiro atoms. The fourth-order valence-corrected chi connectivity index (χ4v) is 4.34. The quantitative estimate of drug-likeness (QED) is 0.573. The van der Waals surface area contributed by atoms with Crippen molar-refractivity contribution in [1.82, 2.24) is 24.6 Å². The van der Waals surface area contributed by atoms with Crippen molar-refractivity contribution in [2.45, 2.75) is 25.8 Å². The first-order valence-electron chi connectivity index (χ1n) is 9.96. The molecular weight excluding hydrogens is 362 g/mol. The Kier molecular flexibility index (Phi) is 4.19. The zero-order valence-electron chi connectivity index (χ0n) is 16.6. The van der Waals surface area contributed by atoms with Crippen molar-refractivity contribution in [3.63, 3.8) is 0 Å². The summed E-state index contributed by atoms with van der Waals surface area (Å²) in [4.78, 5) is 20.3. The van der Waals surface area contributed by atoms with Crippen molar-refractivity contribution in [1.29, 1.82) is 0 Å². The highest BCUT2D eigenvalue weighted by molar-refractivity contribution is 5.98. The summed E-state index contributed by atoms with van der Waals surface area (Å²) in [5, 5.41) is 8.01. The summed E-state index contributed by atoms with van der Waals surface area (Å²) in [5.74, 6) is 0.0675. The van der Waals surface area contributed by atoms with Crippen LogP contribution in [0.2, 0.25) is 0 Å². The summed E-state index contributed by atoms with van der Waals surface area (Å²) in [6.07, 6.45) is 3.81. The molecule has 1 aliphatic heterocycles. The summed E-state index contributed by atoms with van der Waals surface area (Å²) >= 11 is 0. The minimum absolute atomic E-state index is 0.0675. The fraction of sp³-hybridized carbons (Fsp3) is 0.261. The highest BCUT2D eigenvalue weighted by Gasteiger charge is 2.32. The maximum absolute atomic E-state index is 13.5. The second kappa shape index (κ2) is 6.88. The van der Waals surface area contributed by atoms with Crippen LogP contribution < -0.4 is 0 Å². The predicted molar refractivity (Wildman–Crippen MR) is 112 cm³/mol. The van der Waals surface area contributed by atoms with Gasteiger partial charge in [-0.15, -0.1) is 0 Å². The van der Waals surface area contributed by atoms with Gasteiger partial charge in [-0.25, -0.2) is 4.98 Å². The first-order valence-corrected chi connectivity index (χ1v) is 9.96. The normalized spacial score (nSPS) is 16.6. The van der Waals surface area contributed by atoms with Gasteiger partial charge in [0.1, 0.15) is 11.3 Å². The van der Waals surface area contributed by atoms with Crippen LogP contribution in [0.1, 0.15) is 40.6 Å². The lowest BCUT2D eigenvalue weighted by atomic mass is 10.0. The van der Waals surface area contributed by atoms with E-state index in [0.29, 0.717) is 5.69 Å². The Morgan fingerprint density at radius 1 is 1.17 bits per heavy atom. The van der Waals surface area contributed by atoms with E-state index in [4.69, 9.17) is 4.98 Å². The molecule has 0 radical (unpaired) electrons. The number of aryl methyl sites for hydroxylation is 2. The van der Waals surface area contributed by atoms with E-state index in [9.17, 15) is 4.79 Å². The van der Waals surface area contributed by atoms with Gasteiger partial charge in [0, 0.05) is 30.2 Å². The molecule has 4 heterocycles. The standard InChI is InChI=1S/C23H23N5O/c1-15-18(14-24-26-15)19-11-10-17-13-21(27(2)22(17)25-19)23(29)28-12-6-9-20(28)16-7-4-3-5-8-16/h3-5,7-8,10-11,13-14,20H,6,9,12H2,1-2H3,(H,24,26)/t20-/m1/s1. The molecule has 1 fully saturated rings. The van der Waals surface area contributed by atoms with E-state index in [1.165, 1.54) is 5.56 Å². The largest absolute Gasteiger partial charge is 0.330 e. The molecule has 1 aliphatic rings. The number of nitrogens with zero attached hydrogens (tertiary/aromatic N) is 4.